The number of amides is 2. The van der Waals surface area contributed by atoms with E-state index in [2.05, 4.69) is 5.32 Å². The molecule has 1 aliphatic heterocycles. The van der Waals surface area contributed by atoms with Gasteiger partial charge in [-0.15, -0.1) is 0 Å². The number of anilines is 1. The van der Waals surface area contributed by atoms with Gasteiger partial charge in [-0.05, 0) is 30.5 Å². The lowest BCUT2D eigenvalue weighted by atomic mass is 9.96. The van der Waals surface area contributed by atoms with Crippen LogP contribution in [0.25, 0.3) is 0 Å². The monoisotopic (exact) mass is 259 g/mol. The van der Waals surface area contributed by atoms with E-state index in [0.717, 1.165) is 18.5 Å². The summed E-state index contributed by atoms with van der Waals surface area (Å²) >= 11 is 0. The minimum absolute atomic E-state index is 0.0766. The first kappa shape index (κ1) is 12.2. The average molecular weight is 259 g/mol. The van der Waals surface area contributed by atoms with Crippen LogP contribution in [0, 0.1) is 0 Å². The van der Waals surface area contributed by atoms with E-state index in [-0.39, 0.29) is 30.3 Å². The van der Waals surface area contributed by atoms with E-state index in [0.29, 0.717) is 6.54 Å². The van der Waals surface area contributed by atoms with Crippen molar-refractivity contribution in [1.82, 2.24) is 5.32 Å². The Hall–Kier alpha value is -1.88. The predicted octanol–water partition coefficient (Wildman–Crippen LogP) is 0.140. The second-order valence-corrected chi connectivity index (χ2v) is 5.29. The highest BCUT2D eigenvalue weighted by Gasteiger charge is 2.42. The van der Waals surface area contributed by atoms with Gasteiger partial charge in [0.15, 0.2) is 0 Å². The molecule has 2 fully saturated rings. The zero-order valence-electron chi connectivity index (χ0n) is 10.7. The maximum Gasteiger partial charge on any atom is 0.246 e. The molecule has 1 saturated heterocycles. The van der Waals surface area contributed by atoms with Crippen LogP contribution >= 0.6 is 0 Å². The maximum atomic E-state index is 11.8. The summed E-state index contributed by atoms with van der Waals surface area (Å²) < 4.78 is 0. The Bertz CT molecular complexity index is 520. The molecule has 1 aromatic rings. The average Bonchev–Trinajstić information content (AvgIpc) is 3.23. The first-order valence-corrected chi connectivity index (χ1v) is 6.52. The number of nitrogens with one attached hydrogen (secondary N) is 1. The lowest BCUT2D eigenvalue weighted by Crippen LogP contribution is -2.51. The summed E-state index contributed by atoms with van der Waals surface area (Å²) in [7, 11) is 0. The Morgan fingerprint density at radius 2 is 1.89 bits per heavy atom. The fourth-order valence-corrected chi connectivity index (χ4v) is 2.55. The van der Waals surface area contributed by atoms with E-state index in [1.54, 1.807) is 0 Å². The summed E-state index contributed by atoms with van der Waals surface area (Å²) in [4.78, 5) is 24.7. The van der Waals surface area contributed by atoms with Gasteiger partial charge in [0, 0.05) is 17.6 Å². The predicted molar refractivity (Wildman–Crippen MR) is 71.8 cm³/mol. The summed E-state index contributed by atoms with van der Waals surface area (Å²) in [6.07, 6.45) is 2.27. The van der Waals surface area contributed by atoms with E-state index in [1.807, 2.05) is 24.3 Å². The summed E-state index contributed by atoms with van der Waals surface area (Å²) in [6.45, 7) is 0.838. The molecule has 5 heteroatoms. The second-order valence-electron chi connectivity index (χ2n) is 5.29. The van der Waals surface area contributed by atoms with E-state index >= 15 is 0 Å². The van der Waals surface area contributed by atoms with Gasteiger partial charge >= 0.3 is 0 Å². The highest BCUT2D eigenvalue weighted by atomic mass is 16.2. The molecule has 2 aliphatic rings. The lowest BCUT2D eigenvalue weighted by molar-refractivity contribution is -0.128. The molecule has 19 heavy (non-hydrogen) atoms. The number of rotatable bonds is 3. The van der Waals surface area contributed by atoms with Crippen LogP contribution in [-0.2, 0) is 15.0 Å². The van der Waals surface area contributed by atoms with Gasteiger partial charge in [0.25, 0.3) is 0 Å². The van der Waals surface area contributed by atoms with Gasteiger partial charge in [0.1, 0.15) is 6.54 Å². The number of piperazine rings is 1. The largest absolute Gasteiger partial charge is 0.345 e. The van der Waals surface area contributed by atoms with Gasteiger partial charge in [-0.25, -0.2) is 0 Å². The van der Waals surface area contributed by atoms with Crippen LogP contribution < -0.4 is 16.0 Å². The molecule has 1 saturated carbocycles. The second kappa shape index (κ2) is 4.35. The topological polar surface area (TPSA) is 75.4 Å². The molecule has 3 rings (SSSR count). The number of nitrogens with two attached hydrogens (primary N) is 1. The summed E-state index contributed by atoms with van der Waals surface area (Å²) in [5.74, 6) is -0.198. The third kappa shape index (κ3) is 2.10. The van der Waals surface area contributed by atoms with E-state index in [1.165, 1.54) is 10.5 Å². The smallest absolute Gasteiger partial charge is 0.246 e. The van der Waals surface area contributed by atoms with Crippen molar-refractivity contribution >= 4 is 17.5 Å². The molecule has 1 aliphatic carbocycles. The van der Waals surface area contributed by atoms with Gasteiger partial charge < -0.3 is 16.0 Å². The molecule has 2 amide bonds. The van der Waals surface area contributed by atoms with Gasteiger partial charge in [-0.1, -0.05) is 12.1 Å². The number of benzene rings is 1. The molecule has 0 aromatic heterocycles. The third-order valence-electron chi connectivity index (χ3n) is 4.08. The third-order valence-corrected chi connectivity index (χ3v) is 4.08. The molecule has 0 atom stereocenters. The van der Waals surface area contributed by atoms with Crippen LogP contribution in [0.3, 0.4) is 0 Å². The fraction of sp³-hybridized carbons (Fsp3) is 0.429. The van der Waals surface area contributed by atoms with E-state index < -0.39 is 0 Å². The Kier molecular flexibility index (Phi) is 2.78. The molecule has 0 radical (unpaired) electrons. The summed E-state index contributed by atoms with van der Waals surface area (Å²) in [5.41, 5.74) is 7.96. The van der Waals surface area contributed by atoms with Crippen molar-refractivity contribution in [3.63, 3.8) is 0 Å². The molecular weight excluding hydrogens is 242 g/mol. The Morgan fingerprint density at radius 1 is 1.21 bits per heavy atom. The van der Waals surface area contributed by atoms with Crippen molar-refractivity contribution < 1.29 is 9.59 Å². The molecule has 0 unspecified atom stereocenters. The van der Waals surface area contributed by atoms with Crippen LogP contribution in [0.1, 0.15) is 18.4 Å². The number of hydrogen-bond donors (Lipinski definition) is 2. The van der Waals surface area contributed by atoms with Crippen LogP contribution in [0.5, 0.6) is 0 Å². The van der Waals surface area contributed by atoms with Gasteiger partial charge in [-0.3, -0.25) is 9.59 Å². The van der Waals surface area contributed by atoms with Crippen molar-refractivity contribution in [2.75, 3.05) is 24.5 Å². The molecule has 1 aromatic carbocycles. The molecule has 0 spiro atoms. The molecule has 5 nitrogen and oxygen atoms in total. The molecule has 0 bridgehead atoms. The SMILES string of the molecule is NCC1(c2ccc(N3CC(=O)NCC3=O)cc2)CC1. The van der Waals surface area contributed by atoms with Crippen LogP contribution in [0.15, 0.2) is 24.3 Å². The molecule has 3 N–H and O–H groups in total. The molecular formula is C14H17N3O2. The standard InChI is InChI=1S/C14H17N3O2/c15-9-14(5-6-14)10-1-3-11(4-2-10)17-8-12(18)16-7-13(17)19/h1-4H,5-9,15H2,(H,16,18). The normalized spacial score (nSPS) is 21.2. The highest BCUT2D eigenvalue weighted by molar-refractivity contribution is 6.04. The fourth-order valence-electron chi connectivity index (χ4n) is 2.55. The van der Waals surface area contributed by atoms with Gasteiger partial charge in [0.2, 0.25) is 11.8 Å². The first-order valence-electron chi connectivity index (χ1n) is 6.52. The van der Waals surface area contributed by atoms with Crippen LogP contribution in [0.4, 0.5) is 5.69 Å². The van der Waals surface area contributed by atoms with Crippen molar-refractivity contribution in [2.24, 2.45) is 5.73 Å². The van der Waals surface area contributed by atoms with E-state index in [4.69, 9.17) is 5.73 Å². The molecule has 1 heterocycles. The minimum atomic E-state index is -0.121. The van der Waals surface area contributed by atoms with Crippen molar-refractivity contribution in [3.05, 3.63) is 29.8 Å². The Morgan fingerprint density at radius 3 is 2.47 bits per heavy atom. The van der Waals surface area contributed by atoms with Crippen LogP contribution in [-0.4, -0.2) is 31.4 Å². The van der Waals surface area contributed by atoms with Crippen molar-refractivity contribution in [3.8, 4) is 0 Å². The maximum absolute atomic E-state index is 11.8. The van der Waals surface area contributed by atoms with Crippen LogP contribution in [0.2, 0.25) is 0 Å². The zero-order valence-corrected chi connectivity index (χ0v) is 10.7. The highest BCUT2D eigenvalue weighted by Crippen LogP contribution is 2.47. The van der Waals surface area contributed by atoms with Gasteiger partial charge in [-0.2, -0.15) is 0 Å². The van der Waals surface area contributed by atoms with Crippen molar-refractivity contribution in [1.29, 1.82) is 0 Å². The number of hydrogen-bond acceptors (Lipinski definition) is 3. The first-order chi connectivity index (χ1) is 9.14. The minimum Gasteiger partial charge on any atom is -0.345 e. The lowest BCUT2D eigenvalue weighted by Gasteiger charge is -2.27. The summed E-state index contributed by atoms with van der Waals surface area (Å²) in [6, 6.07) is 7.85. The van der Waals surface area contributed by atoms with Crippen molar-refractivity contribution in [2.45, 2.75) is 18.3 Å². The van der Waals surface area contributed by atoms with Gasteiger partial charge in [0.05, 0.1) is 6.54 Å². The Labute approximate surface area is 111 Å². The molecule has 100 valence electrons. The zero-order chi connectivity index (χ0) is 13.5. The quantitative estimate of drug-likeness (QED) is 0.810. The summed E-state index contributed by atoms with van der Waals surface area (Å²) in [5, 5.41) is 2.54. The number of carbonyl (C=O) groups excluding carboxylic acids is 2. The Balaban J connectivity index is 1.82. The number of carbonyl (C=O) groups is 2. The number of nitrogens with zero attached hydrogens (tertiary/aromatic N) is 1. The van der Waals surface area contributed by atoms with E-state index in [9.17, 15) is 9.59 Å².